The third kappa shape index (κ3) is 2.97. The summed E-state index contributed by atoms with van der Waals surface area (Å²) in [4.78, 5) is 11.9. The van der Waals surface area contributed by atoms with E-state index in [0.29, 0.717) is 11.8 Å². The zero-order valence-corrected chi connectivity index (χ0v) is 17.0. The van der Waals surface area contributed by atoms with E-state index in [2.05, 4.69) is 41.2 Å². The monoisotopic (exact) mass is 348 g/mol. The molecule has 0 amide bonds. The number of carbonyl (C=O) groups excluding carboxylic acids is 1. The number of ether oxygens (including phenoxy) is 2. The van der Waals surface area contributed by atoms with Crippen LogP contribution >= 0.6 is 0 Å². The maximum Gasteiger partial charge on any atom is 0.302 e. The maximum atomic E-state index is 11.9. The summed E-state index contributed by atoms with van der Waals surface area (Å²) in [5.74, 6) is 0.731. The van der Waals surface area contributed by atoms with E-state index in [-0.39, 0.29) is 34.1 Å². The smallest absolute Gasteiger partial charge is 0.302 e. The van der Waals surface area contributed by atoms with Gasteiger partial charge in [0, 0.05) is 19.3 Å². The lowest BCUT2D eigenvalue weighted by Crippen LogP contribution is -2.67. The van der Waals surface area contributed by atoms with Crippen LogP contribution < -0.4 is 0 Å². The molecule has 2 saturated carbocycles. The van der Waals surface area contributed by atoms with Crippen molar-refractivity contribution in [2.24, 2.45) is 22.7 Å². The molecule has 1 saturated heterocycles. The summed E-state index contributed by atoms with van der Waals surface area (Å²) in [6.07, 6.45) is 8.53. The summed E-state index contributed by atoms with van der Waals surface area (Å²) < 4.78 is 12.6. The van der Waals surface area contributed by atoms with Crippen molar-refractivity contribution < 1.29 is 14.3 Å². The fourth-order valence-electron chi connectivity index (χ4n) is 7.03. The van der Waals surface area contributed by atoms with Gasteiger partial charge in [-0.15, -0.1) is 6.58 Å². The number of rotatable bonds is 2. The van der Waals surface area contributed by atoms with Gasteiger partial charge in [0.2, 0.25) is 0 Å². The molecular formula is C22H36O3. The van der Waals surface area contributed by atoms with Gasteiger partial charge in [-0.1, -0.05) is 33.3 Å². The van der Waals surface area contributed by atoms with Crippen LogP contribution in [0, 0.1) is 22.7 Å². The highest BCUT2D eigenvalue weighted by Crippen LogP contribution is 2.66. The average molecular weight is 349 g/mol. The first-order valence-corrected chi connectivity index (χ1v) is 9.97. The number of carbonyl (C=O) groups is 1. The standard InChI is InChI=1S/C22H36O3/c1-8-20(5)13-10-17-21(6)12-9-11-19(3,4)18(21)16(24-15(2)23)14-22(17,7)25-20/h8,16-18H,1,9-14H2,2-7H3/t16-,17?,18-,20-,21+,22+/m0/s1. The average Bonchev–Trinajstić information content (AvgIpc) is 2.43. The minimum atomic E-state index is -0.278. The molecule has 3 aliphatic rings. The first kappa shape index (κ1) is 18.9. The molecule has 1 heterocycles. The molecule has 2 aliphatic carbocycles. The summed E-state index contributed by atoms with van der Waals surface area (Å²) in [5.41, 5.74) is -0.204. The van der Waals surface area contributed by atoms with Crippen molar-refractivity contribution in [2.75, 3.05) is 0 Å². The minimum absolute atomic E-state index is 0.0637. The molecule has 0 aromatic heterocycles. The Balaban J connectivity index is 2.05. The Hall–Kier alpha value is -0.830. The van der Waals surface area contributed by atoms with E-state index < -0.39 is 0 Å². The molecule has 25 heavy (non-hydrogen) atoms. The predicted molar refractivity (Wildman–Crippen MR) is 100 cm³/mol. The van der Waals surface area contributed by atoms with Crippen LogP contribution in [0.3, 0.4) is 0 Å². The van der Waals surface area contributed by atoms with Crippen molar-refractivity contribution in [1.82, 2.24) is 0 Å². The molecule has 6 atom stereocenters. The lowest BCUT2D eigenvalue weighted by molar-refractivity contribution is -0.279. The number of fused-ring (bicyclic) bond motifs is 3. The fraction of sp³-hybridized carbons (Fsp3) is 0.864. The van der Waals surface area contributed by atoms with Gasteiger partial charge in [0.1, 0.15) is 6.10 Å². The summed E-state index contributed by atoms with van der Waals surface area (Å²) in [6, 6.07) is 0. The normalized spacial score (nSPS) is 48.8. The molecule has 3 heteroatoms. The van der Waals surface area contributed by atoms with Crippen LogP contribution in [0.1, 0.15) is 80.1 Å². The second-order valence-corrected chi connectivity index (χ2v) is 10.2. The van der Waals surface area contributed by atoms with E-state index in [1.54, 1.807) is 0 Å². The van der Waals surface area contributed by atoms with Crippen molar-refractivity contribution in [3.05, 3.63) is 12.7 Å². The van der Waals surface area contributed by atoms with Crippen molar-refractivity contribution in [3.63, 3.8) is 0 Å². The fourth-order valence-corrected chi connectivity index (χ4v) is 7.03. The summed E-state index contributed by atoms with van der Waals surface area (Å²) in [5, 5.41) is 0. The Morgan fingerprint density at radius 1 is 1.16 bits per heavy atom. The quantitative estimate of drug-likeness (QED) is 0.503. The maximum absolute atomic E-state index is 11.9. The highest BCUT2D eigenvalue weighted by atomic mass is 16.6. The molecular weight excluding hydrogens is 312 g/mol. The minimum Gasteiger partial charge on any atom is -0.462 e. The van der Waals surface area contributed by atoms with Gasteiger partial charge in [-0.2, -0.15) is 0 Å². The van der Waals surface area contributed by atoms with Crippen molar-refractivity contribution in [3.8, 4) is 0 Å². The van der Waals surface area contributed by atoms with Gasteiger partial charge in [0.15, 0.2) is 0 Å². The van der Waals surface area contributed by atoms with E-state index >= 15 is 0 Å². The Bertz CT molecular complexity index is 568. The summed E-state index contributed by atoms with van der Waals surface area (Å²) >= 11 is 0. The van der Waals surface area contributed by atoms with E-state index in [1.807, 2.05) is 6.08 Å². The first-order valence-electron chi connectivity index (χ1n) is 9.97. The second kappa shape index (κ2) is 5.84. The van der Waals surface area contributed by atoms with Crippen molar-refractivity contribution in [2.45, 2.75) is 97.4 Å². The van der Waals surface area contributed by atoms with Gasteiger partial charge in [-0.25, -0.2) is 0 Å². The number of esters is 1. The molecule has 0 aromatic rings. The predicted octanol–water partition coefficient (Wildman–Crippen LogP) is 5.28. The summed E-state index contributed by atoms with van der Waals surface area (Å²) in [7, 11) is 0. The molecule has 142 valence electrons. The molecule has 1 aliphatic heterocycles. The zero-order chi connectivity index (χ0) is 18.7. The van der Waals surface area contributed by atoms with Crippen LogP contribution in [0.2, 0.25) is 0 Å². The number of hydrogen-bond donors (Lipinski definition) is 0. The molecule has 0 aromatic carbocycles. The third-order valence-electron chi connectivity index (χ3n) is 7.75. The molecule has 3 rings (SSSR count). The molecule has 0 N–H and O–H groups in total. The van der Waals surface area contributed by atoms with E-state index in [0.717, 1.165) is 19.3 Å². The van der Waals surface area contributed by atoms with Crippen LogP contribution in [-0.2, 0) is 14.3 Å². The van der Waals surface area contributed by atoms with Gasteiger partial charge in [-0.05, 0) is 56.3 Å². The highest BCUT2D eigenvalue weighted by Gasteiger charge is 2.65. The van der Waals surface area contributed by atoms with Crippen LogP contribution in [0.15, 0.2) is 12.7 Å². The molecule has 0 spiro atoms. The molecule has 1 unspecified atom stereocenters. The van der Waals surface area contributed by atoms with Crippen molar-refractivity contribution in [1.29, 1.82) is 0 Å². The largest absolute Gasteiger partial charge is 0.462 e. The van der Waals surface area contributed by atoms with Gasteiger partial charge in [0.25, 0.3) is 0 Å². The van der Waals surface area contributed by atoms with Crippen LogP contribution in [0.5, 0.6) is 0 Å². The Morgan fingerprint density at radius 2 is 1.84 bits per heavy atom. The first-order chi connectivity index (χ1) is 11.5. The van der Waals surface area contributed by atoms with Gasteiger partial charge >= 0.3 is 5.97 Å². The Kier molecular flexibility index (Phi) is 4.42. The highest BCUT2D eigenvalue weighted by molar-refractivity contribution is 5.66. The van der Waals surface area contributed by atoms with Gasteiger partial charge < -0.3 is 9.47 Å². The van der Waals surface area contributed by atoms with Crippen LogP contribution in [0.25, 0.3) is 0 Å². The molecule has 0 bridgehead atoms. The van der Waals surface area contributed by atoms with E-state index in [4.69, 9.17) is 9.47 Å². The topological polar surface area (TPSA) is 35.5 Å². The zero-order valence-electron chi connectivity index (χ0n) is 17.0. The second-order valence-electron chi connectivity index (χ2n) is 10.2. The molecule has 3 nitrogen and oxygen atoms in total. The van der Waals surface area contributed by atoms with Crippen LogP contribution in [-0.4, -0.2) is 23.3 Å². The lowest BCUT2D eigenvalue weighted by Gasteiger charge is -2.66. The van der Waals surface area contributed by atoms with Gasteiger partial charge in [-0.3, -0.25) is 4.79 Å². The van der Waals surface area contributed by atoms with E-state index in [9.17, 15) is 4.79 Å². The third-order valence-corrected chi connectivity index (χ3v) is 7.75. The molecule has 3 fully saturated rings. The van der Waals surface area contributed by atoms with E-state index in [1.165, 1.54) is 26.2 Å². The lowest BCUT2D eigenvalue weighted by atomic mass is 9.43. The van der Waals surface area contributed by atoms with Gasteiger partial charge in [0.05, 0.1) is 11.2 Å². The van der Waals surface area contributed by atoms with Crippen molar-refractivity contribution >= 4 is 5.97 Å². The van der Waals surface area contributed by atoms with Crippen LogP contribution in [0.4, 0.5) is 0 Å². The Labute approximate surface area is 153 Å². The SMILES string of the molecule is C=C[C@@]1(C)CCC2[C@@](C)(C[C@H](OC(C)=O)[C@H]3C(C)(C)CCC[C@]23C)O1. The Morgan fingerprint density at radius 3 is 2.44 bits per heavy atom. The number of hydrogen-bond acceptors (Lipinski definition) is 3. The summed E-state index contributed by atoms with van der Waals surface area (Å²) in [6.45, 7) is 17.1. The molecule has 0 radical (unpaired) electrons.